The summed E-state index contributed by atoms with van der Waals surface area (Å²) in [6.07, 6.45) is 7.25. The number of pyridine rings is 1. The topological polar surface area (TPSA) is 49.6 Å². The number of rotatable bonds is 7. The predicted octanol–water partition coefficient (Wildman–Crippen LogP) is 3.67. The first kappa shape index (κ1) is 21.8. The molecule has 1 aromatic rings. The zero-order valence-electron chi connectivity index (χ0n) is 16.7. The Morgan fingerprint density at radius 3 is 2.82 bits per heavy atom. The van der Waals surface area contributed by atoms with E-state index >= 15 is 0 Å². The van der Waals surface area contributed by atoms with Crippen molar-refractivity contribution in [3.05, 3.63) is 58.6 Å². The highest BCUT2D eigenvalue weighted by atomic mass is 19.3. The predicted molar refractivity (Wildman–Crippen MR) is 112 cm³/mol. The summed E-state index contributed by atoms with van der Waals surface area (Å²) in [6.45, 7) is 6.84. The molecule has 2 rings (SSSR count). The van der Waals surface area contributed by atoms with Crippen molar-refractivity contribution < 1.29 is 8.78 Å². The van der Waals surface area contributed by atoms with Crippen LogP contribution in [0.5, 0.6) is 0 Å². The van der Waals surface area contributed by atoms with Crippen LogP contribution < -0.4 is 10.9 Å². The summed E-state index contributed by atoms with van der Waals surface area (Å²) in [5, 5.41) is 2.93. The van der Waals surface area contributed by atoms with E-state index in [1.165, 1.54) is 10.6 Å². The monoisotopic (exact) mass is 390 g/mol. The second-order valence-corrected chi connectivity index (χ2v) is 7.02. The highest BCUT2D eigenvalue weighted by Crippen LogP contribution is 2.27. The minimum atomic E-state index is -2.62. The van der Waals surface area contributed by atoms with Gasteiger partial charge < -0.3 is 5.32 Å². The van der Waals surface area contributed by atoms with Gasteiger partial charge in [0.2, 0.25) is 0 Å². The Balaban J connectivity index is 2.23. The number of hydrogen-bond acceptors (Lipinski definition) is 4. The molecule has 1 fully saturated rings. The summed E-state index contributed by atoms with van der Waals surface area (Å²) in [5.41, 5.74) is 2.61. The van der Waals surface area contributed by atoms with E-state index in [0.717, 1.165) is 5.57 Å². The van der Waals surface area contributed by atoms with Crippen molar-refractivity contribution in [2.24, 2.45) is 4.99 Å². The van der Waals surface area contributed by atoms with Crippen LogP contribution in [-0.2, 0) is 0 Å². The SMILES string of the molecule is C=C(/C=C(\C)CN1CCCC(F)(F)C1)/C(=C\C=NC)n1ccc(NC)cc1=O. The van der Waals surface area contributed by atoms with Gasteiger partial charge in [-0.3, -0.25) is 19.3 Å². The molecule has 152 valence electrons. The Hall–Kier alpha value is -2.54. The van der Waals surface area contributed by atoms with E-state index in [1.54, 1.807) is 43.5 Å². The van der Waals surface area contributed by atoms with Gasteiger partial charge in [0, 0.05) is 51.2 Å². The summed E-state index contributed by atoms with van der Waals surface area (Å²) in [7, 11) is 3.39. The van der Waals surface area contributed by atoms with Gasteiger partial charge >= 0.3 is 0 Å². The molecule has 0 bridgehead atoms. The average Bonchev–Trinajstić information content (AvgIpc) is 2.62. The Kier molecular flexibility index (Phi) is 7.45. The van der Waals surface area contributed by atoms with Gasteiger partial charge in [-0.15, -0.1) is 0 Å². The highest BCUT2D eigenvalue weighted by Gasteiger charge is 2.34. The third-order valence-corrected chi connectivity index (χ3v) is 4.54. The lowest BCUT2D eigenvalue weighted by atomic mass is 10.1. The normalized spacial score (nSPS) is 18.5. The van der Waals surface area contributed by atoms with Gasteiger partial charge in [0.05, 0.1) is 12.2 Å². The maximum atomic E-state index is 13.6. The minimum absolute atomic E-state index is 0.0479. The van der Waals surface area contributed by atoms with Gasteiger partial charge in [0.25, 0.3) is 11.5 Å². The van der Waals surface area contributed by atoms with Gasteiger partial charge in [-0.1, -0.05) is 18.2 Å². The fourth-order valence-corrected chi connectivity index (χ4v) is 3.27. The molecule has 0 saturated carbocycles. The fourth-order valence-electron chi connectivity index (χ4n) is 3.27. The lowest BCUT2D eigenvalue weighted by molar-refractivity contribution is -0.0615. The molecule has 0 spiro atoms. The van der Waals surface area contributed by atoms with Crippen molar-refractivity contribution in [3.8, 4) is 0 Å². The van der Waals surface area contributed by atoms with Gasteiger partial charge in [-0.05, 0) is 37.6 Å². The molecule has 1 aliphatic heterocycles. The molecule has 0 radical (unpaired) electrons. The number of likely N-dealkylation sites (tertiary alicyclic amines) is 1. The molecular weight excluding hydrogens is 362 g/mol. The van der Waals surface area contributed by atoms with Crippen molar-refractivity contribution in [2.45, 2.75) is 25.7 Å². The second kappa shape index (κ2) is 9.59. The van der Waals surface area contributed by atoms with Gasteiger partial charge in [-0.25, -0.2) is 8.78 Å². The average molecular weight is 390 g/mol. The molecule has 0 atom stereocenters. The molecule has 2 heterocycles. The minimum Gasteiger partial charge on any atom is -0.388 e. The summed E-state index contributed by atoms with van der Waals surface area (Å²) < 4.78 is 28.7. The first-order valence-electron chi connectivity index (χ1n) is 9.25. The quantitative estimate of drug-likeness (QED) is 0.571. The number of piperidine rings is 1. The lowest BCUT2D eigenvalue weighted by Gasteiger charge is -2.32. The van der Waals surface area contributed by atoms with Crippen LogP contribution in [0.4, 0.5) is 14.5 Å². The maximum Gasteiger partial charge on any atom is 0.260 e. The van der Waals surface area contributed by atoms with Gasteiger partial charge in [0.1, 0.15) is 0 Å². The molecule has 1 saturated heterocycles. The van der Waals surface area contributed by atoms with E-state index in [-0.39, 0.29) is 18.5 Å². The summed E-state index contributed by atoms with van der Waals surface area (Å²) in [4.78, 5) is 18.2. The zero-order chi connectivity index (χ0) is 20.7. The largest absolute Gasteiger partial charge is 0.388 e. The van der Waals surface area contributed by atoms with Crippen LogP contribution in [0, 0.1) is 0 Å². The number of aromatic nitrogens is 1. The molecule has 0 amide bonds. The Labute approximate surface area is 164 Å². The van der Waals surface area contributed by atoms with Crippen molar-refractivity contribution in [1.82, 2.24) is 9.47 Å². The van der Waals surface area contributed by atoms with E-state index in [9.17, 15) is 13.6 Å². The number of hydrogen-bond donors (Lipinski definition) is 1. The first-order chi connectivity index (χ1) is 13.3. The Morgan fingerprint density at radius 2 is 2.21 bits per heavy atom. The molecular formula is C21H28F2N4O. The molecule has 0 aliphatic carbocycles. The van der Waals surface area contributed by atoms with Crippen LogP contribution in [0.25, 0.3) is 5.70 Å². The van der Waals surface area contributed by atoms with Crippen LogP contribution in [-0.4, -0.2) is 55.3 Å². The summed E-state index contributed by atoms with van der Waals surface area (Å²) in [6, 6.07) is 3.29. The third kappa shape index (κ3) is 5.99. The van der Waals surface area contributed by atoms with E-state index in [1.807, 2.05) is 13.0 Å². The molecule has 5 nitrogen and oxygen atoms in total. The van der Waals surface area contributed by atoms with Crippen molar-refractivity contribution in [1.29, 1.82) is 0 Å². The van der Waals surface area contributed by atoms with E-state index in [0.29, 0.717) is 36.5 Å². The van der Waals surface area contributed by atoms with Crippen molar-refractivity contribution >= 4 is 17.6 Å². The molecule has 0 unspecified atom stereocenters. The molecule has 0 aromatic carbocycles. The Bertz CT molecular complexity index is 852. The standard InChI is InChI=1S/C21H28F2N4O/c1-16(14-26-10-5-8-21(22,23)15-26)12-17(2)19(6-9-24-3)27-11-7-18(25-4)13-20(27)28/h6-7,9,11-13,25H,2,5,8,10,14-15H2,1,3-4H3/b16-12+,19-6+,24-9?. The number of allylic oxidation sites excluding steroid dienone is 4. The third-order valence-electron chi connectivity index (χ3n) is 4.54. The second-order valence-electron chi connectivity index (χ2n) is 7.02. The smallest absolute Gasteiger partial charge is 0.260 e. The maximum absolute atomic E-state index is 13.6. The number of nitrogens with zero attached hydrogens (tertiary/aromatic N) is 3. The van der Waals surface area contributed by atoms with Gasteiger partial charge in [-0.2, -0.15) is 0 Å². The van der Waals surface area contributed by atoms with E-state index < -0.39 is 5.92 Å². The summed E-state index contributed by atoms with van der Waals surface area (Å²) in [5.74, 6) is -2.62. The number of nitrogens with one attached hydrogen (secondary N) is 1. The molecule has 1 aromatic heterocycles. The Morgan fingerprint density at radius 1 is 1.46 bits per heavy atom. The van der Waals surface area contributed by atoms with Crippen LogP contribution in [0.1, 0.15) is 19.8 Å². The highest BCUT2D eigenvalue weighted by molar-refractivity contribution is 5.85. The fraction of sp³-hybridized carbons (Fsp3) is 0.429. The molecule has 1 N–H and O–H groups in total. The van der Waals surface area contributed by atoms with Crippen LogP contribution in [0.3, 0.4) is 0 Å². The number of halogens is 2. The van der Waals surface area contributed by atoms with E-state index in [2.05, 4.69) is 16.9 Å². The molecule has 7 heteroatoms. The number of aliphatic imine (C=N–C) groups is 1. The lowest BCUT2D eigenvalue weighted by Crippen LogP contribution is -2.43. The van der Waals surface area contributed by atoms with Gasteiger partial charge in [0.15, 0.2) is 0 Å². The number of alkyl halides is 2. The van der Waals surface area contributed by atoms with Crippen molar-refractivity contribution in [2.75, 3.05) is 39.0 Å². The first-order valence-corrected chi connectivity index (χ1v) is 9.25. The van der Waals surface area contributed by atoms with E-state index in [4.69, 9.17) is 0 Å². The summed E-state index contributed by atoms with van der Waals surface area (Å²) >= 11 is 0. The molecule has 1 aliphatic rings. The van der Waals surface area contributed by atoms with Crippen molar-refractivity contribution in [3.63, 3.8) is 0 Å². The molecule has 28 heavy (non-hydrogen) atoms. The van der Waals surface area contributed by atoms with Crippen LogP contribution in [0.2, 0.25) is 0 Å². The van der Waals surface area contributed by atoms with Crippen LogP contribution >= 0.6 is 0 Å². The zero-order valence-corrected chi connectivity index (χ0v) is 16.7. The number of anilines is 1. The van der Waals surface area contributed by atoms with Crippen LogP contribution in [0.15, 0.2) is 58.0 Å².